The second-order valence-corrected chi connectivity index (χ2v) is 12.6. The molecule has 1 fully saturated rings. The Morgan fingerprint density at radius 3 is 2.09 bits per heavy atom. The van der Waals surface area contributed by atoms with Gasteiger partial charge in [-0.05, 0) is 29.8 Å². The fourth-order valence-electron chi connectivity index (χ4n) is 5.39. The van der Waals surface area contributed by atoms with E-state index < -0.39 is 91.8 Å². The van der Waals surface area contributed by atoms with E-state index in [9.17, 15) is 57.5 Å². The van der Waals surface area contributed by atoms with Gasteiger partial charge in [0, 0.05) is 35.9 Å². The number of benzene rings is 2. The van der Waals surface area contributed by atoms with Gasteiger partial charge in [-0.2, -0.15) is 39.5 Å². The highest BCUT2D eigenvalue weighted by Gasteiger charge is 2.63. The lowest BCUT2D eigenvalue weighted by Gasteiger charge is -2.47. The van der Waals surface area contributed by atoms with E-state index in [0.29, 0.717) is 0 Å². The van der Waals surface area contributed by atoms with Crippen LogP contribution in [0.15, 0.2) is 41.6 Å². The number of carbonyl (C=O) groups excluding carboxylic acids is 2. The van der Waals surface area contributed by atoms with E-state index in [1.54, 1.807) is 0 Å². The first-order valence-electron chi connectivity index (χ1n) is 12.1. The summed E-state index contributed by atoms with van der Waals surface area (Å²) in [6.45, 7) is 0.0174. The smallest absolute Gasteiger partial charge is 0.374 e. The average molecular weight is 643 g/mol. The molecule has 43 heavy (non-hydrogen) atoms. The molecule has 3 aliphatic rings. The number of hydrogen-bond acceptors (Lipinski definition) is 7. The summed E-state index contributed by atoms with van der Waals surface area (Å²) < 4.78 is 147. The number of fused-ring (bicyclic) bond motifs is 2. The van der Waals surface area contributed by atoms with Crippen LogP contribution in [0.4, 0.5) is 39.5 Å². The summed E-state index contributed by atoms with van der Waals surface area (Å²) in [6, 6.07) is 1.95. The maximum absolute atomic E-state index is 14.4. The van der Waals surface area contributed by atoms with E-state index in [2.05, 4.69) is 20.6 Å². The summed E-state index contributed by atoms with van der Waals surface area (Å²) in [6.07, 6.45) is -16.9. The summed E-state index contributed by atoms with van der Waals surface area (Å²) in [7, 11) is -3.72. The molecule has 2 aromatic rings. The standard InChI is InChI=1S/C25H18F9N3O5S/c1-43(40,41)9-18(38)19-21(10-35-19)16-3-2-11(4-15(16)20(39)36-21)17-8-22(42-37-17,25(32,33)34)12-5-13(23(26,27)28)7-14(6-12)24(29,30)31/h2-7,19,35H,8-10H2,1H3,(H,36,39). The lowest BCUT2D eigenvalue weighted by atomic mass is 9.75. The highest BCUT2D eigenvalue weighted by molar-refractivity contribution is 7.91. The minimum atomic E-state index is -5.55. The fourth-order valence-corrected chi connectivity index (χ4v) is 6.07. The van der Waals surface area contributed by atoms with Crippen LogP contribution < -0.4 is 10.6 Å². The number of carbonyl (C=O) groups is 2. The Bertz CT molecular complexity index is 1650. The van der Waals surface area contributed by atoms with Crippen LogP contribution in [0.2, 0.25) is 0 Å². The maximum Gasteiger partial charge on any atom is 0.435 e. The Morgan fingerprint density at radius 1 is 1.00 bits per heavy atom. The SMILES string of the molecule is CS(=O)(=O)CC(=O)C1NCC12NC(=O)c1cc(C3=NOC(c4cc(C(F)(F)F)cc(C(F)(F)F)c4)(C(F)(F)F)C3)ccc12. The number of ketones is 1. The molecule has 3 heterocycles. The third-order valence-electron chi connectivity index (χ3n) is 7.46. The Hall–Kier alpha value is -3.67. The Kier molecular flexibility index (Phi) is 6.74. The number of alkyl halides is 9. The zero-order chi connectivity index (χ0) is 32.0. The monoisotopic (exact) mass is 643 g/mol. The van der Waals surface area contributed by atoms with E-state index in [0.717, 1.165) is 12.3 Å². The number of rotatable bonds is 5. The van der Waals surface area contributed by atoms with Gasteiger partial charge in [-0.15, -0.1) is 0 Å². The number of hydrogen-bond donors (Lipinski definition) is 2. The van der Waals surface area contributed by atoms with Crippen molar-refractivity contribution in [2.75, 3.05) is 18.6 Å². The van der Waals surface area contributed by atoms with Gasteiger partial charge in [-0.25, -0.2) is 8.42 Å². The Morgan fingerprint density at radius 2 is 1.60 bits per heavy atom. The lowest BCUT2D eigenvalue weighted by molar-refractivity contribution is -0.276. The zero-order valence-electron chi connectivity index (χ0n) is 21.5. The first-order chi connectivity index (χ1) is 19.6. The molecule has 0 bridgehead atoms. The number of nitrogens with zero attached hydrogens (tertiary/aromatic N) is 1. The predicted molar refractivity (Wildman–Crippen MR) is 129 cm³/mol. The topological polar surface area (TPSA) is 114 Å². The molecule has 1 saturated heterocycles. The molecule has 3 atom stereocenters. The van der Waals surface area contributed by atoms with Gasteiger partial charge in [0.05, 0.1) is 22.9 Å². The van der Waals surface area contributed by atoms with Crippen LogP contribution in [0.5, 0.6) is 0 Å². The molecule has 1 spiro atoms. The van der Waals surface area contributed by atoms with Crippen LogP contribution in [0.25, 0.3) is 0 Å². The third-order valence-corrected chi connectivity index (χ3v) is 8.27. The first-order valence-corrected chi connectivity index (χ1v) is 14.2. The summed E-state index contributed by atoms with van der Waals surface area (Å²) in [5.74, 6) is -2.33. The molecule has 2 N–H and O–H groups in total. The van der Waals surface area contributed by atoms with Crippen LogP contribution in [-0.4, -0.2) is 56.6 Å². The molecular formula is C25H18F9N3O5S. The molecule has 0 saturated carbocycles. The van der Waals surface area contributed by atoms with Crippen LogP contribution in [0.3, 0.4) is 0 Å². The minimum Gasteiger partial charge on any atom is -0.374 e. The molecule has 1 amide bonds. The molecule has 5 rings (SSSR count). The average Bonchev–Trinajstić information content (AvgIpc) is 3.42. The van der Waals surface area contributed by atoms with Crippen molar-refractivity contribution in [3.8, 4) is 0 Å². The van der Waals surface area contributed by atoms with Crippen LogP contribution in [-0.2, 0) is 43.0 Å². The van der Waals surface area contributed by atoms with Crippen LogP contribution >= 0.6 is 0 Å². The largest absolute Gasteiger partial charge is 0.435 e. The van der Waals surface area contributed by atoms with Gasteiger partial charge >= 0.3 is 18.5 Å². The van der Waals surface area contributed by atoms with Gasteiger partial charge in [0.25, 0.3) is 11.5 Å². The first kappa shape index (κ1) is 30.8. The number of oxime groups is 1. The number of nitrogens with one attached hydrogen (secondary N) is 2. The molecule has 18 heteroatoms. The van der Waals surface area contributed by atoms with E-state index in [1.165, 1.54) is 12.1 Å². The van der Waals surface area contributed by atoms with Crippen molar-refractivity contribution in [2.24, 2.45) is 5.16 Å². The summed E-state index contributed by atoms with van der Waals surface area (Å²) in [4.78, 5) is 30.0. The molecule has 3 aliphatic heterocycles. The molecular weight excluding hydrogens is 625 g/mol. The van der Waals surface area contributed by atoms with Crippen molar-refractivity contribution < 1.29 is 62.4 Å². The number of sulfone groups is 1. The zero-order valence-corrected chi connectivity index (χ0v) is 22.3. The van der Waals surface area contributed by atoms with Gasteiger partial charge in [0.1, 0.15) is 11.3 Å². The molecule has 0 aromatic heterocycles. The Balaban J connectivity index is 1.52. The second kappa shape index (κ2) is 9.41. The van der Waals surface area contributed by atoms with Crippen LogP contribution in [0, 0.1) is 0 Å². The van der Waals surface area contributed by atoms with E-state index in [-0.39, 0.29) is 41.4 Å². The summed E-state index contributed by atoms with van der Waals surface area (Å²) in [5, 5.41) is 8.70. The minimum absolute atomic E-state index is 0.0174. The van der Waals surface area contributed by atoms with Crippen molar-refractivity contribution >= 4 is 27.2 Å². The quantitative estimate of drug-likeness (QED) is 0.479. The highest BCUT2D eigenvalue weighted by Crippen LogP contribution is 2.51. The van der Waals surface area contributed by atoms with Gasteiger partial charge in [0.2, 0.25) is 0 Å². The third kappa shape index (κ3) is 5.13. The van der Waals surface area contributed by atoms with E-state index >= 15 is 0 Å². The second-order valence-electron chi connectivity index (χ2n) is 10.5. The molecule has 0 aliphatic carbocycles. The molecule has 8 nitrogen and oxygen atoms in total. The lowest BCUT2D eigenvalue weighted by Crippen LogP contribution is -2.74. The number of halogens is 9. The van der Waals surface area contributed by atoms with E-state index in [4.69, 9.17) is 0 Å². The molecule has 2 aromatic carbocycles. The van der Waals surface area contributed by atoms with Crippen LogP contribution in [0.1, 0.15) is 44.6 Å². The Labute approximate surface area is 236 Å². The molecule has 0 radical (unpaired) electrons. The fraction of sp³-hybridized carbons (Fsp3) is 0.400. The van der Waals surface area contributed by atoms with Crippen molar-refractivity contribution in [1.29, 1.82) is 0 Å². The van der Waals surface area contributed by atoms with Gasteiger partial charge < -0.3 is 15.5 Å². The van der Waals surface area contributed by atoms with Crippen molar-refractivity contribution in [1.82, 2.24) is 10.6 Å². The number of Topliss-reactive ketones (excluding diaryl/α,β-unsaturated/α-hetero) is 1. The van der Waals surface area contributed by atoms with Gasteiger partial charge in [-0.1, -0.05) is 17.3 Å². The van der Waals surface area contributed by atoms with E-state index in [1.807, 2.05) is 0 Å². The van der Waals surface area contributed by atoms with Gasteiger partial charge in [-0.3, -0.25) is 9.59 Å². The summed E-state index contributed by atoms with van der Waals surface area (Å²) in [5.41, 5.74) is -11.1. The molecule has 232 valence electrons. The predicted octanol–water partition coefficient (Wildman–Crippen LogP) is 3.83. The summed E-state index contributed by atoms with van der Waals surface area (Å²) >= 11 is 0. The van der Waals surface area contributed by atoms with Gasteiger partial charge in [0.15, 0.2) is 15.6 Å². The normalized spacial score (nSPS) is 25.6. The number of amides is 1. The highest BCUT2D eigenvalue weighted by atomic mass is 32.2. The maximum atomic E-state index is 14.4. The van der Waals surface area contributed by atoms with Crippen molar-refractivity contribution in [3.63, 3.8) is 0 Å². The molecule has 3 unspecified atom stereocenters. The van der Waals surface area contributed by atoms with Crippen molar-refractivity contribution in [3.05, 3.63) is 69.8 Å². The van der Waals surface area contributed by atoms with Crippen molar-refractivity contribution in [2.45, 2.75) is 42.1 Å².